The summed E-state index contributed by atoms with van der Waals surface area (Å²) in [7, 11) is 0. The van der Waals surface area contributed by atoms with E-state index in [1.165, 1.54) is 5.56 Å². The van der Waals surface area contributed by atoms with Gasteiger partial charge in [-0.15, -0.1) is 0 Å². The molecule has 0 aliphatic carbocycles. The Labute approximate surface area is 124 Å². The van der Waals surface area contributed by atoms with E-state index < -0.39 is 0 Å². The summed E-state index contributed by atoms with van der Waals surface area (Å²) in [5.74, 6) is 1.14. The van der Waals surface area contributed by atoms with Gasteiger partial charge in [0.05, 0.1) is 0 Å². The third-order valence-corrected chi connectivity index (χ3v) is 4.03. The second kappa shape index (κ2) is 7.22. The van der Waals surface area contributed by atoms with Gasteiger partial charge in [0.25, 0.3) is 0 Å². The Balaban J connectivity index is 2.10. The van der Waals surface area contributed by atoms with Gasteiger partial charge in [-0.2, -0.15) is 0 Å². The fraction of sp³-hybridized carbons (Fsp3) is 0.643. The summed E-state index contributed by atoms with van der Waals surface area (Å²) in [6, 6.07) is 2.18. The van der Waals surface area contributed by atoms with Crippen molar-refractivity contribution in [2.24, 2.45) is 0 Å². The molecule has 5 heteroatoms. The third kappa shape index (κ3) is 3.91. The second-order valence-corrected chi connectivity index (χ2v) is 5.75. The number of piperazine rings is 1. The van der Waals surface area contributed by atoms with Crippen molar-refractivity contribution in [1.82, 2.24) is 15.2 Å². The van der Waals surface area contributed by atoms with Crippen molar-refractivity contribution in [3.63, 3.8) is 0 Å². The minimum absolute atomic E-state index is 0.881. The Morgan fingerprint density at radius 3 is 2.63 bits per heavy atom. The van der Waals surface area contributed by atoms with Gasteiger partial charge in [0, 0.05) is 49.0 Å². The molecule has 0 spiro atoms. The first-order valence-corrected chi connectivity index (χ1v) is 7.86. The van der Waals surface area contributed by atoms with E-state index in [9.17, 15) is 0 Å². The number of nitrogens with one attached hydrogen (secondary N) is 1. The first kappa shape index (κ1) is 14.8. The number of hydrogen-bond donors (Lipinski definition) is 1. The highest BCUT2D eigenvalue weighted by atomic mass is 79.9. The summed E-state index contributed by atoms with van der Waals surface area (Å²) in [6.07, 6.45) is 1.90. The highest BCUT2D eigenvalue weighted by Gasteiger charge is 2.19. The molecule has 1 aliphatic rings. The van der Waals surface area contributed by atoms with E-state index in [1.807, 2.05) is 6.20 Å². The number of rotatable bonds is 5. The lowest BCUT2D eigenvalue weighted by molar-refractivity contribution is 0.270. The van der Waals surface area contributed by atoms with Gasteiger partial charge in [-0.05, 0) is 35.1 Å². The van der Waals surface area contributed by atoms with Crippen molar-refractivity contribution in [3.05, 3.63) is 22.3 Å². The smallest absolute Gasteiger partial charge is 0.133 e. The second-order valence-electron chi connectivity index (χ2n) is 4.84. The maximum absolute atomic E-state index is 4.63. The molecule has 0 radical (unpaired) electrons. The van der Waals surface area contributed by atoms with Crippen molar-refractivity contribution in [1.29, 1.82) is 0 Å². The van der Waals surface area contributed by atoms with Crippen molar-refractivity contribution in [2.45, 2.75) is 20.4 Å². The van der Waals surface area contributed by atoms with Crippen LogP contribution in [0.5, 0.6) is 0 Å². The van der Waals surface area contributed by atoms with Gasteiger partial charge < -0.3 is 15.1 Å². The van der Waals surface area contributed by atoms with Crippen molar-refractivity contribution in [3.8, 4) is 0 Å². The van der Waals surface area contributed by atoms with Crippen molar-refractivity contribution in [2.75, 3.05) is 44.2 Å². The largest absolute Gasteiger partial charge is 0.354 e. The highest BCUT2D eigenvalue weighted by molar-refractivity contribution is 9.10. The summed E-state index contributed by atoms with van der Waals surface area (Å²) in [5.41, 5.74) is 1.28. The minimum atomic E-state index is 0.881. The van der Waals surface area contributed by atoms with Crippen LogP contribution in [0.15, 0.2) is 16.7 Å². The Kier molecular flexibility index (Phi) is 5.60. The zero-order chi connectivity index (χ0) is 13.7. The molecule has 1 fully saturated rings. The summed E-state index contributed by atoms with van der Waals surface area (Å²) < 4.78 is 1.05. The van der Waals surface area contributed by atoms with Crippen LogP contribution in [-0.2, 0) is 6.54 Å². The molecule has 19 heavy (non-hydrogen) atoms. The zero-order valence-electron chi connectivity index (χ0n) is 11.8. The number of hydrogen-bond acceptors (Lipinski definition) is 4. The minimum Gasteiger partial charge on any atom is -0.354 e. The van der Waals surface area contributed by atoms with Crippen molar-refractivity contribution < 1.29 is 0 Å². The molecule has 4 nitrogen and oxygen atoms in total. The molecule has 0 atom stereocenters. The average molecular weight is 327 g/mol. The lowest BCUT2D eigenvalue weighted by Crippen LogP contribution is -2.46. The summed E-state index contributed by atoms with van der Waals surface area (Å²) in [5, 5.41) is 3.39. The van der Waals surface area contributed by atoms with Crippen LogP contribution >= 0.6 is 15.9 Å². The van der Waals surface area contributed by atoms with Crippen LogP contribution in [0.1, 0.15) is 19.4 Å². The third-order valence-electron chi connectivity index (χ3n) is 3.59. The number of halogens is 1. The van der Waals surface area contributed by atoms with E-state index in [0.717, 1.165) is 56.1 Å². The van der Waals surface area contributed by atoms with E-state index >= 15 is 0 Å². The summed E-state index contributed by atoms with van der Waals surface area (Å²) >= 11 is 3.52. The summed E-state index contributed by atoms with van der Waals surface area (Å²) in [4.78, 5) is 9.52. The molecule has 1 saturated heterocycles. The molecular weight excluding hydrogens is 304 g/mol. The van der Waals surface area contributed by atoms with E-state index in [2.05, 4.69) is 55.9 Å². The lowest BCUT2D eigenvalue weighted by Gasteiger charge is -2.35. The molecule has 0 amide bonds. The molecule has 0 unspecified atom stereocenters. The Bertz CT molecular complexity index is 402. The lowest BCUT2D eigenvalue weighted by atomic mass is 10.2. The Morgan fingerprint density at radius 2 is 2.00 bits per heavy atom. The van der Waals surface area contributed by atoms with Crippen LogP contribution in [0, 0.1) is 0 Å². The van der Waals surface area contributed by atoms with Crippen LogP contribution in [0.3, 0.4) is 0 Å². The van der Waals surface area contributed by atoms with Crippen LogP contribution in [0.25, 0.3) is 0 Å². The molecule has 2 heterocycles. The quantitative estimate of drug-likeness (QED) is 0.897. The molecule has 1 N–H and O–H groups in total. The average Bonchev–Trinajstić information content (AvgIpc) is 2.45. The van der Waals surface area contributed by atoms with Crippen LogP contribution in [0.2, 0.25) is 0 Å². The molecule has 0 saturated carbocycles. The maximum Gasteiger partial charge on any atom is 0.133 e. The van der Waals surface area contributed by atoms with Crippen LogP contribution in [-0.4, -0.2) is 49.2 Å². The number of aromatic nitrogens is 1. The maximum atomic E-state index is 4.63. The van der Waals surface area contributed by atoms with E-state index in [1.54, 1.807) is 0 Å². The first-order chi connectivity index (χ1) is 9.24. The normalized spacial score (nSPS) is 16.9. The standard InChI is InChI=1S/C14H23BrN4/c1-3-16-10-12-9-13(15)11-17-14(12)19-7-5-18(4-2)6-8-19/h9,11,16H,3-8,10H2,1-2H3. The number of pyridine rings is 1. The monoisotopic (exact) mass is 326 g/mol. The highest BCUT2D eigenvalue weighted by Crippen LogP contribution is 2.22. The molecule has 1 aromatic heterocycles. The van der Waals surface area contributed by atoms with Crippen LogP contribution in [0.4, 0.5) is 5.82 Å². The van der Waals surface area contributed by atoms with E-state index in [-0.39, 0.29) is 0 Å². The SMILES string of the molecule is CCNCc1cc(Br)cnc1N1CCN(CC)CC1. The molecular formula is C14H23BrN4. The number of anilines is 1. The molecule has 106 valence electrons. The van der Waals surface area contributed by atoms with E-state index in [0.29, 0.717) is 0 Å². The molecule has 1 aromatic rings. The predicted octanol–water partition coefficient (Wildman–Crippen LogP) is 2.10. The molecule has 1 aliphatic heterocycles. The Morgan fingerprint density at radius 1 is 1.26 bits per heavy atom. The number of nitrogens with zero attached hydrogens (tertiary/aromatic N) is 3. The van der Waals surface area contributed by atoms with E-state index in [4.69, 9.17) is 0 Å². The van der Waals surface area contributed by atoms with Gasteiger partial charge in [-0.1, -0.05) is 13.8 Å². The molecule has 0 aromatic carbocycles. The predicted molar refractivity (Wildman–Crippen MR) is 83.6 cm³/mol. The molecule has 0 bridgehead atoms. The van der Waals surface area contributed by atoms with Gasteiger partial charge in [-0.3, -0.25) is 0 Å². The van der Waals surface area contributed by atoms with Gasteiger partial charge in [0.15, 0.2) is 0 Å². The van der Waals surface area contributed by atoms with Gasteiger partial charge in [-0.25, -0.2) is 4.98 Å². The number of likely N-dealkylation sites (N-methyl/N-ethyl adjacent to an activating group) is 1. The summed E-state index contributed by atoms with van der Waals surface area (Å²) in [6.45, 7) is 11.8. The fourth-order valence-electron chi connectivity index (χ4n) is 2.42. The fourth-order valence-corrected chi connectivity index (χ4v) is 2.80. The van der Waals surface area contributed by atoms with Gasteiger partial charge >= 0.3 is 0 Å². The van der Waals surface area contributed by atoms with Gasteiger partial charge in [0.2, 0.25) is 0 Å². The zero-order valence-corrected chi connectivity index (χ0v) is 13.4. The van der Waals surface area contributed by atoms with Gasteiger partial charge in [0.1, 0.15) is 5.82 Å². The first-order valence-electron chi connectivity index (χ1n) is 7.07. The topological polar surface area (TPSA) is 31.4 Å². The van der Waals surface area contributed by atoms with Crippen molar-refractivity contribution >= 4 is 21.7 Å². The molecule has 2 rings (SSSR count). The Hall–Kier alpha value is -0.650. The van der Waals surface area contributed by atoms with Crippen LogP contribution < -0.4 is 10.2 Å².